The number of hydrogen-bond donors (Lipinski definition) is 1. The van der Waals surface area contributed by atoms with Crippen molar-refractivity contribution < 1.29 is 18.7 Å². The Labute approximate surface area is 94.7 Å². The fourth-order valence-electron chi connectivity index (χ4n) is 1.56. The van der Waals surface area contributed by atoms with Crippen LogP contribution < -0.4 is 5.32 Å². The molecule has 0 aromatic heterocycles. The molecule has 6 heteroatoms. The fourth-order valence-corrected chi connectivity index (χ4v) is 1.56. The summed E-state index contributed by atoms with van der Waals surface area (Å²) in [6, 6.07) is 0. The van der Waals surface area contributed by atoms with Gasteiger partial charge in [0.1, 0.15) is 0 Å². The van der Waals surface area contributed by atoms with Gasteiger partial charge < -0.3 is 5.32 Å². The zero-order chi connectivity index (χ0) is 12.2. The van der Waals surface area contributed by atoms with Crippen LogP contribution >= 0.6 is 0 Å². The summed E-state index contributed by atoms with van der Waals surface area (Å²) in [7, 11) is 0. The molecule has 1 rings (SSSR count). The number of quaternary nitrogens is 1. The first kappa shape index (κ1) is 13.3. The molecule has 0 spiro atoms. The van der Waals surface area contributed by atoms with Crippen molar-refractivity contribution >= 4 is 5.91 Å². The smallest absolute Gasteiger partial charge is 0.222 e. The first-order valence-corrected chi connectivity index (χ1v) is 5.67. The fraction of sp³-hybridized carbons (Fsp3) is 0.900. The average molecular weight is 236 g/mol. The number of carbonyl (C=O) groups excluding carboxylic acids is 1. The summed E-state index contributed by atoms with van der Waals surface area (Å²) in [5.74, 6) is -0.0134. The van der Waals surface area contributed by atoms with E-state index in [1.807, 2.05) is 18.7 Å². The third kappa shape index (κ3) is 4.40. The van der Waals surface area contributed by atoms with Crippen LogP contribution in [0.1, 0.15) is 13.8 Å². The zero-order valence-electron chi connectivity index (χ0n) is 9.88. The normalized spacial score (nSPS) is 21.1. The minimum Gasteiger partial charge on any atom is -0.355 e. The van der Waals surface area contributed by atoms with Gasteiger partial charge >= 0.3 is 0 Å². The molecule has 94 valence electrons. The molecule has 1 amide bonds. The highest BCUT2D eigenvalue weighted by atomic mass is 19.4. The van der Waals surface area contributed by atoms with Gasteiger partial charge in [-0.25, -0.2) is 0 Å². The van der Waals surface area contributed by atoms with Crippen molar-refractivity contribution in [3.63, 3.8) is 0 Å². The van der Waals surface area contributed by atoms with Gasteiger partial charge in [-0.3, -0.25) is 9.69 Å². The van der Waals surface area contributed by atoms with E-state index in [0.717, 1.165) is 0 Å². The molecule has 1 heterocycles. The first-order valence-electron chi connectivity index (χ1n) is 5.67. The van der Waals surface area contributed by atoms with Crippen molar-refractivity contribution in [3.8, 4) is 0 Å². The Bertz CT molecular complexity index is 236. The molecular weight excluding hydrogens is 216 g/mol. The van der Waals surface area contributed by atoms with Gasteiger partial charge in [-0.1, -0.05) is 13.8 Å². The largest absolute Gasteiger partial charge is 0.355 e. The van der Waals surface area contributed by atoms with Gasteiger partial charge in [0, 0.05) is 28.0 Å². The second-order valence-electron chi connectivity index (χ2n) is 4.50. The van der Waals surface area contributed by atoms with E-state index in [-0.39, 0.29) is 24.9 Å². The van der Waals surface area contributed by atoms with Gasteiger partial charge in [-0.2, -0.15) is 0 Å². The summed E-state index contributed by atoms with van der Waals surface area (Å²) in [6.07, 6.45) is 0. The highest BCUT2D eigenvalue weighted by Gasteiger charge is 2.35. The summed E-state index contributed by atoms with van der Waals surface area (Å²) in [4.78, 5) is 11.3. The second kappa shape index (κ2) is 5.54. The lowest BCUT2D eigenvalue weighted by Crippen LogP contribution is -2.51. The molecule has 1 fully saturated rings. The van der Waals surface area contributed by atoms with E-state index in [0.29, 0.717) is 26.2 Å². The van der Waals surface area contributed by atoms with E-state index in [4.69, 9.17) is 0 Å². The summed E-state index contributed by atoms with van der Waals surface area (Å²) >= 11 is 0. The van der Waals surface area contributed by atoms with Gasteiger partial charge in [0.25, 0.3) is 0 Å². The molecule has 0 unspecified atom stereocenters. The molecule has 1 aliphatic heterocycles. The molecule has 4 nitrogen and oxygen atoms in total. The van der Waals surface area contributed by atoms with Gasteiger partial charge in [0.2, 0.25) is 5.91 Å². The van der Waals surface area contributed by atoms with Crippen LogP contribution in [0.15, 0.2) is 0 Å². The third-order valence-electron chi connectivity index (χ3n) is 2.74. The number of piperazine rings is 1. The number of rotatable bonds is 4. The van der Waals surface area contributed by atoms with Crippen LogP contribution in [0.25, 0.3) is 0 Å². The molecule has 1 N–H and O–H groups in total. The SMILES string of the molecule is CC(C)C(=O)NCCN1CC[N+](F)(F)CC1. The van der Waals surface area contributed by atoms with Crippen LogP contribution in [0.5, 0.6) is 0 Å². The number of nitrogens with one attached hydrogen (secondary N) is 1. The maximum atomic E-state index is 12.8. The lowest BCUT2D eigenvalue weighted by molar-refractivity contribution is -1.17. The zero-order valence-corrected chi connectivity index (χ0v) is 9.88. The summed E-state index contributed by atoms with van der Waals surface area (Å²) in [5.41, 5.74) is 0. The number of nitrogens with zero attached hydrogens (tertiary/aromatic N) is 2. The average Bonchev–Trinajstić information content (AvgIpc) is 2.20. The number of amides is 1. The van der Waals surface area contributed by atoms with Gasteiger partial charge in [0.05, 0.1) is 18.0 Å². The summed E-state index contributed by atoms with van der Waals surface area (Å²) < 4.78 is 25.6. The molecule has 0 bridgehead atoms. The maximum absolute atomic E-state index is 12.8. The van der Waals surface area contributed by atoms with E-state index >= 15 is 0 Å². The molecule has 0 aromatic carbocycles. The van der Waals surface area contributed by atoms with Crippen LogP contribution in [-0.2, 0) is 4.79 Å². The Kier molecular flexibility index (Phi) is 4.61. The van der Waals surface area contributed by atoms with Crippen LogP contribution in [0.3, 0.4) is 0 Å². The Morgan fingerprint density at radius 2 is 1.94 bits per heavy atom. The van der Waals surface area contributed by atoms with E-state index < -0.39 is 4.93 Å². The van der Waals surface area contributed by atoms with E-state index in [2.05, 4.69) is 5.32 Å². The highest BCUT2D eigenvalue weighted by molar-refractivity contribution is 5.77. The molecular formula is C10H20F2N3O+. The molecule has 16 heavy (non-hydrogen) atoms. The number of halogens is 2. The summed E-state index contributed by atoms with van der Waals surface area (Å²) in [5, 5.41) is 2.78. The molecule has 0 radical (unpaired) electrons. The third-order valence-corrected chi connectivity index (χ3v) is 2.74. The molecule has 0 aromatic rings. The molecule has 0 atom stereocenters. The molecule has 1 saturated heterocycles. The molecule has 0 aliphatic carbocycles. The van der Waals surface area contributed by atoms with Gasteiger partial charge in [-0.05, 0) is 0 Å². The minimum atomic E-state index is -1.88. The predicted molar refractivity (Wildman–Crippen MR) is 56.5 cm³/mol. The van der Waals surface area contributed by atoms with Crippen LogP contribution in [0.4, 0.5) is 8.96 Å². The summed E-state index contributed by atoms with van der Waals surface area (Å²) in [6.45, 7) is 5.38. The van der Waals surface area contributed by atoms with E-state index in [1.54, 1.807) is 0 Å². The standard InChI is InChI=1S/C10H19F2N3O/c1-9(2)10(16)13-3-4-14-5-7-15(11,12)8-6-14/h9H,3-8H2,1-2H3/p+1. The quantitative estimate of drug-likeness (QED) is 0.727. The Balaban J connectivity index is 2.13. The van der Waals surface area contributed by atoms with E-state index in [9.17, 15) is 13.8 Å². The number of carbonyl (C=O) groups is 1. The predicted octanol–water partition coefficient (Wildman–Crippen LogP) is 0.660. The van der Waals surface area contributed by atoms with Crippen molar-refractivity contribution in [2.75, 3.05) is 39.3 Å². The van der Waals surface area contributed by atoms with Gasteiger partial charge in [0.15, 0.2) is 13.1 Å². The topological polar surface area (TPSA) is 32.3 Å². The Morgan fingerprint density at radius 1 is 1.38 bits per heavy atom. The first-order chi connectivity index (χ1) is 7.41. The Hall–Kier alpha value is -0.750. The monoisotopic (exact) mass is 236 g/mol. The van der Waals surface area contributed by atoms with Crippen molar-refractivity contribution in [2.24, 2.45) is 5.92 Å². The van der Waals surface area contributed by atoms with Crippen molar-refractivity contribution in [2.45, 2.75) is 13.8 Å². The van der Waals surface area contributed by atoms with E-state index in [1.165, 1.54) is 0 Å². The highest BCUT2D eigenvalue weighted by Crippen LogP contribution is 2.13. The lowest BCUT2D eigenvalue weighted by Gasteiger charge is -2.28. The molecule has 0 saturated carbocycles. The second-order valence-corrected chi connectivity index (χ2v) is 4.50. The van der Waals surface area contributed by atoms with Crippen molar-refractivity contribution in [1.82, 2.24) is 10.2 Å². The minimum absolute atomic E-state index is 0.0121. The number of hydrogen-bond acceptors (Lipinski definition) is 2. The molecule has 1 aliphatic rings. The van der Waals surface area contributed by atoms with Crippen LogP contribution in [-0.4, -0.2) is 55.0 Å². The van der Waals surface area contributed by atoms with Crippen LogP contribution in [0, 0.1) is 5.92 Å². The van der Waals surface area contributed by atoms with Crippen LogP contribution in [0.2, 0.25) is 0 Å². The maximum Gasteiger partial charge on any atom is 0.222 e. The lowest BCUT2D eigenvalue weighted by atomic mass is 10.2. The Morgan fingerprint density at radius 3 is 2.44 bits per heavy atom. The van der Waals surface area contributed by atoms with Crippen molar-refractivity contribution in [1.29, 1.82) is 0 Å². The van der Waals surface area contributed by atoms with Gasteiger partial charge in [-0.15, -0.1) is 0 Å². The van der Waals surface area contributed by atoms with Crippen molar-refractivity contribution in [3.05, 3.63) is 0 Å².